The Bertz CT molecular complexity index is 273. The minimum absolute atomic E-state index is 0.0607. The van der Waals surface area contributed by atoms with Gasteiger partial charge in [-0.05, 0) is 13.0 Å². The molecule has 84 valence electrons. The van der Waals surface area contributed by atoms with E-state index in [1.165, 1.54) is 0 Å². The van der Waals surface area contributed by atoms with Crippen LogP contribution in [0.15, 0.2) is 0 Å². The molecule has 0 aliphatic carbocycles. The lowest BCUT2D eigenvalue weighted by Crippen LogP contribution is -2.56. The number of fused-ring (bicyclic) bond motifs is 1. The summed E-state index contributed by atoms with van der Waals surface area (Å²) in [6, 6.07) is 0.0607. The van der Waals surface area contributed by atoms with Crippen LogP contribution in [0.3, 0.4) is 0 Å². The van der Waals surface area contributed by atoms with Gasteiger partial charge >= 0.3 is 0 Å². The molecule has 0 aromatic carbocycles. The molecule has 1 atom stereocenters. The molecule has 0 amide bonds. The topological polar surface area (TPSA) is 38.8 Å². The van der Waals surface area contributed by atoms with Gasteiger partial charge in [0.1, 0.15) is 5.78 Å². The molecule has 0 bridgehead atoms. The number of piperidine rings is 2. The van der Waals surface area contributed by atoms with Gasteiger partial charge in [-0.2, -0.15) is 0 Å². The first-order valence-electron chi connectivity index (χ1n) is 5.84. The Morgan fingerprint density at radius 2 is 2.07 bits per heavy atom. The monoisotopic (exact) mass is 211 g/mol. The summed E-state index contributed by atoms with van der Waals surface area (Å²) in [5.41, 5.74) is 0. The van der Waals surface area contributed by atoms with Gasteiger partial charge < -0.3 is 9.47 Å². The van der Waals surface area contributed by atoms with Crippen LogP contribution in [0, 0.1) is 0 Å². The lowest BCUT2D eigenvalue weighted by Gasteiger charge is -2.44. The summed E-state index contributed by atoms with van der Waals surface area (Å²) in [6.45, 7) is 3.37. The highest BCUT2D eigenvalue weighted by Crippen LogP contribution is 2.36. The van der Waals surface area contributed by atoms with Crippen molar-refractivity contribution < 1.29 is 14.3 Å². The average Bonchev–Trinajstić information content (AvgIpc) is 2.68. The zero-order valence-corrected chi connectivity index (χ0v) is 8.91. The second-order valence-corrected chi connectivity index (χ2v) is 4.68. The zero-order chi connectivity index (χ0) is 10.3. The normalized spacial score (nSPS) is 35.7. The van der Waals surface area contributed by atoms with Gasteiger partial charge in [0.05, 0.1) is 19.3 Å². The third-order valence-corrected chi connectivity index (χ3v) is 3.78. The molecule has 4 nitrogen and oxygen atoms in total. The summed E-state index contributed by atoms with van der Waals surface area (Å²) < 4.78 is 11.4. The van der Waals surface area contributed by atoms with Gasteiger partial charge in [0.15, 0.2) is 5.79 Å². The standard InChI is InChI=1S/C11H17NO3/c13-10-2-1-4-12-5-3-11(8-9(10)12)14-6-7-15-11/h9H,1-8H2. The number of ketones is 1. The molecule has 1 spiro atoms. The predicted molar refractivity (Wildman–Crippen MR) is 53.5 cm³/mol. The van der Waals surface area contributed by atoms with Crippen LogP contribution in [0.4, 0.5) is 0 Å². The first-order chi connectivity index (χ1) is 7.29. The molecule has 3 rings (SSSR count). The maximum atomic E-state index is 11.8. The molecule has 0 saturated carbocycles. The van der Waals surface area contributed by atoms with Crippen molar-refractivity contribution in [3.63, 3.8) is 0 Å². The fourth-order valence-electron chi connectivity index (χ4n) is 2.96. The Hall–Kier alpha value is -0.450. The van der Waals surface area contributed by atoms with Crippen LogP contribution in [0.2, 0.25) is 0 Å². The van der Waals surface area contributed by atoms with Crippen molar-refractivity contribution in [3.05, 3.63) is 0 Å². The smallest absolute Gasteiger partial charge is 0.171 e. The van der Waals surface area contributed by atoms with E-state index in [4.69, 9.17) is 9.47 Å². The summed E-state index contributed by atoms with van der Waals surface area (Å²) in [5.74, 6) is -0.0480. The Morgan fingerprint density at radius 3 is 2.87 bits per heavy atom. The van der Waals surface area contributed by atoms with Crippen molar-refractivity contribution >= 4 is 5.78 Å². The number of nitrogens with zero attached hydrogens (tertiary/aromatic N) is 1. The molecule has 4 heteroatoms. The van der Waals surface area contributed by atoms with Gasteiger partial charge in [0, 0.05) is 25.8 Å². The SMILES string of the molecule is O=C1CCCN2CCC3(CC12)OCCO3. The van der Waals surface area contributed by atoms with Crippen LogP contribution in [0.1, 0.15) is 25.7 Å². The van der Waals surface area contributed by atoms with Gasteiger partial charge in [-0.25, -0.2) is 0 Å². The van der Waals surface area contributed by atoms with Gasteiger partial charge in [-0.3, -0.25) is 9.69 Å². The molecule has 3 heterocycles. The van der Waals surface area contributed by atoms with E-state index in [1.54, 1.807) is 0 Å². The lowest BCUT2D eigenvalue weighted by atomic mass is 9.88. The van der Waals surface area contributed by atoms with Crippen molar-refractivity contribution in [2.45, 2.75) is 37.5 Å². The Kier molecular flexibility index (Phi) is 2.30. The Labute approximate surface area is 89.5 Å². The summed E-state index contributed by atoms with van der Waals surface area (Å²) >= 11 is 0. The largest absolute Gasteiger partial charge is 0.347 e. The lowest BCUT2D eigenvalue weighted by molar-refractivity contribution is -0.199. The Morgan fingerprint density at radius 1 is 1.27 bits per heavy atom. The highest BCUT2D eigenvalue weighted by molar-refractivity contribution is 5.84. The second-order valence-electron chi connectivity index (χ2n) is 4.68. The van der Waals surface area contributed by atoms with E-state index in [1.807, 2.05) is 0 Å². The maximum absolute atomic E-state index is 11.8. The molecule has 3 aliphatic heterocycles. The minimum Gasteiger partial charge on any atom is -0.347 e. The third kappa shape index (κ3) is 1.61. The molecule has 15 heavy (non-hydrogen) atoms. The summed E-state index contributed by atoms with van der Waals surface area (Å²) in [7, 11) is 0. The fourth-order valence-corrected chi connectivity index (χ4v) is 2.96. The van der Waals surface area contributed by atoms with Crippen molar-refractivity contribution in [2.75, 3.05) is 26.3 Å². The number of hydrogen-bond donors (Lipinski definition) is 0. The second kappa shape index (κ2) is 3.54. The predicted octanol–water partition coefficient (Wildman–Crippen LogP) is 0.557. The van der Waals surface area contributed by atoms with E-state index < -0.39 is 5.79 Å². The van der Waals surface area contributed by atoms with Gasteiger partial charge in [0.25, 0.3) is 0 Å². The van der Waals surface area contributed by atoms with Crippen molar-refractivity contribution in [3.8, 4) is 0 Å². The number of ether oxygens (including phenoxy) is 2. The van der Waals surface area contributed by atoms with Crippen molar-refractivity contribution in [2.24, 2.45) is 0 Å². The molecular formula is C11H17NO3. The van der Waals surface area contributed by atoms with Crippen LogP contribution >= 0.6 is 0 Å². The van der Waals surface area contributed by atoms with Crippen LogP contribution in [-0.2, 0) is 14.3 Å². The first-order valence-corrected chi connectivity index (χ1v) is 5.84. The van der Waals surface area contributed by atoms with E-state index in [-0.39, 0.29) is 6.04 Å². The highest BCUT2D eigenvalue weighted by Gasteiger charge is 2.47. The van der Waals surface area contributed by atoms with E-state index >= 15 is 0 Å². The fraction of sp³-hybridized carbons (Fsp3) is 0.909. The molecule has 3 aliphatic rings. The molecule has 0 aromatic rings. The summed E-state index contributed by atoms with van der Waals surface area (Å²) in [5, 5.41) is 0. The van der Waals surface area contributed by atoms with E-state index in [0.717, 1.165) is 38.8 Å². The number of hydrogen-bond acceptors (Lipinski definition) is 4. The molecule has 1 unspecified atom stereocenters. The zero-order valence-electron chi connectivity index (χ0n) is 8.91. The van der Waals surface area contributed by atoms with Crippen LogP contribution in [0.5, 0.6) is 0 Å². The highest BCUT2D eigenvalue weighted by atomic mass is 16.7. The van der Waals surface area contributed by atoms with Crippen molar-refractivity contribution in [1.29, 1.82) is 0 Å². The van der Waals surface area contributed by atoms with Gasteiger partial charge in [0.2, 0.25) is 0 Å². The molecule has 3 saturated heterocycles. The van der Waals surface area contributed by atoms with E-state index in [2.05, 4.69) is 4.90 Å². The average molecular weight is 211 g/mol. The van der Waals surface area contributed by atoms with E-state index in [0.29, 0.717) is 19.0 Å². The molecule has 3 fully saturated rings. The van der Waals surface area contributed by atoms with Crippen LogP contribution in [-0.4, -0.2) is 48.8 Å². The van der Waals surface area contributed by atoms with Crippen LogP contribution in [0.25, 0.3) is 0 Å². The molecule has 0 radical (unpaired) electrons. The maximum Gasteiger partial charge on any atom is 0.171 e. The number of Topliss-reactive ketones (excluding diaryl/α,β-unsaturated/α-hetero) is 1. The number of carbonyl (C=O) groups is 1. The number of rotatable bonds is 0. The van der Waals surface area contributed by atoms with E-state index in [9.17, 15) is 4.79 Å². The van der Waals surface area contributed by atoms with Crippen molar-refractivity contribution in [1.82, 2.24) is 4.90 Å². The molecule has 0 N–H and O–H groups in total. The summed E-state index contributed by atoms with van der Waals surface area (Å²) in [6.07, 6.45) is 3.41. The third-order valence-electron chi connectivity index (χ3n) is 3.78. The molecular weight excluding hydrogens is 194 g/mol. The quantitative estimate of drug-likeness (QED) is 0.587. The Balaban J connectivity index is 1.76. The molecule has 0 aromatic heterocycles. The van der Waals surface area contributed by atoms with Crippen LogP contribution < -0.4 is 0 Å². The first kappa shape index (κ1) is 9.75. The summed E-state index contributed by atoms with van der Waals surface area (Å²) in [4.78, 5) is 14.1. The van der Waals surface area contributed by atoms with Gasteiger partial charge in [-0.1, -0.05) is 0 Å². The van der Waals surface area contributed by atoms with Gasteiger partial charge in [-0.15, -0.1) is 0 Å². The number of carbonyl (C=O) groups excluding carboxylic acids is 1. The minimum atomic E-state index is -0.422.